The number of carbonyl (C=O) groups is 2. The van der Waals surface area contributed by atoms with Crippen molar-refractivity contribution in [1.29, 1.82) is 0 Å². The molecule has 0 spiro atoms. The fourth-order valence-corrected chi connectivity index (χ4v) is 1.72. The second kappa shape index (κ2) is 7.90. The molecule has 130 valence electrons. The van der Waals surface area contributed by atoms with Gasteiger partial charge >= 0.3 is 12.1 Å². The van der Waals surface area contributed by atoms with Crippen molar-refractivity contribution in [2.75, 3.05) is 0 Å². The minimum absolute atomic E-state index is 0.0392. The first kappa shape index (κ1) is 19.6. The summed E-state index contributed by atoms with van der Waals surface area (Å²) >= 11 is 0. The Hall–Kier alpha value is -2.43. The van der Waals surface area contributed by atoms with Gasteiger partial charge < -0.3 is 9.47 Å². The van der Waals surface area contributed by atoms with Gasteiger partial charge in [0.1, 0.15) is 17.9 Å². The van der Waals surface area contributed by atoms with Crippen LogP contribution in [-0.2, 0) is 20.9 Å². The van der Waals surface area contributed by atoms with Gasteiger partial charge in [0.15, 0.2) is 0 Å². The molecule has 0 bridgehead atoms. The highest BCUT2D eigenvalue weighted by atomic mass is 16.6. The first-order chi connectivity index (χ1) is 11.0. The molecular formula is C19H25NO4. The van der Waals surface area contributed by atoms with Gasteiger partial charge in [-0.05, 0) is 26.3 Å². The lowest BCUT2D eigenvalue weighted by atomic mass is 9.87. The molecule has 0 aliphatic heterocycles. The molecule has 0 unspecified atom stereocenters. The van der Waals surface area contributed by atoms with Crippen LogP contribution in [0.1, 0.15) is 40.2 Å². The van der Waals surface area contributed by atoms with Crippen LogP contribution in [0.2, 0.25) is 0 Å². The van der Waals surface area contributed by atoms with E-state index in [4.69, 9.17) is 9.47 Å². The van der Waals surface area contributed by atoms with Gasteiger partial charge in [-0.15, -0.1) is 6.58 Å². The van der Waals surface area contributed by atoms with Gasteiger partial charge in [-0.25, -0.2) is 9.59 Å². The Bertz CT molecular complexity index is 625. The maximum atomic E-state index is 12.4. The first-order valence-corrected chi connectivity index (χ1v) is 7.72. The zero-order valence-electron chi connectivity index (χ0n) is 15.0. The maximum Gasteiger partial charge on any atom is 0.434 e. The average molecular weight is 331 g/mol. The molecule has 0 fully saturated rings. The van der Waals surface area contributed by atoms with Crippen LogP contribution in [-0.4, -0.2) is 23.4 Å². The Labute approximate surface area is 143 Å². The van der Waals surface area contributed by atoms with Gasteiger partial charge in [-0.3, -0.25) is 0 Å². The number of hydrogen-bond donors (Lipinski definition) is 0. The van der Waals surface area contributed by atoms with Crippen LogP contribution < -0.4 is 0 Å². The summed E-state index contributed by atoms with van der Waals surface area (Å²) in [6, 6.07) is 9.27. The topological polar surface area (TPSA) is 65.0 Å². The predicted molar refractivity (Wildman–Crippen MR) is 93.9 cm³/mol. The van der Waals surface area contributed by atoms with E-state index >= 15 is 0 Å². The van der Waals surface area contributed by atoms with E-state index in [0.29, 0.717) is 0 Å². The Morgan fingerprint density at radius 1 is 1.12 bits per heavy atom. The van der Waals surface area contributed by atoms with Crippen molar-refractivity contribution in [3.63, 3.8) is 0 Å². The van der Waals surface area contributed by atoms with Gasteiger partial charge in [-0.2, -0.15) is 4.99 Å². The molecule has 1 rings (SSSR count). The van der Waals surface area contributed by atoms with Crippen LogP contribution in [0.4, 0.5) is 4.79 Å². The molecule has 0 radical (unpaired) electrons. The van der Waals surface area contributed by atoms with Crippen LogP contribution in [0.25, 0.3) is 0 Å². The highest BCUT2D eigenvalue weighted by molar-refractivity contribution is 6.40. The van der Waals surface area contributed by atoms with E-state index < -0.39 is 23.1 Å². The summed E-state index contributed by atoms with van der Waals surface area (Å²) in [6.45, 7) is 12.4. The SMILES string of the molecule is C=CC(C)(C)/C(=N\C(=O)OC(C)(C)C)C(=O)OCc1ccccc1. The number of esters is 1. The molecule has 24 heavy (non-hydrogen) atoms. The number of carbonyl (C=O) groups excluding carboxylic acids is 2. The lowest BCUT2D eigenvalue weighted by molar-refractivity contribution is -0.137. The summed E-state index contributed by atoms with van der Waals surface area (Å²) < 4.78 is 10.4. The zero-order valence-corrected chi connectivity index (χ0v) is 15.0. The van der Waals surface area contributed by atoms with E-state index in [9.17, 15) is 9.59 Å². The number of aliphatic imine (C=N–C) groups is 1. The first-order valence-electron chi connectivity index (χ1n) is 7.72. The number of amides is 1. The summed E-state index contributed by atoms with van der Waals surface area (Å²) in [5.74, 6) is -0.672. The van der Waals surface area contributed by atoms with Gasteiger partial charge in [0.25, 0.3) is 0 Å². The molecule has 0 atom stereocenters. The van der Waals surface area contributed by atoms with E-state index in [1.807, 2.05) is 30.3 Å². The van der Waals surface area contributed by atoms with E-state index in [2.05, 4.69) is 11.6 Å². The Morgan fingerprint density at radius 2 is 1.71 bits per heavy atom. The molecule has 0 aromatic heterocycles. The van der Waals surface area contributed by atoms with Crippen LogP contribution in [0, 0.1) is 5.41 Å². The predicted octanol–water partition coefficient (Wildman–Crippen LogP) is 4.32. The van der Waals surface area contributed by atoms with E-state index in [1.54, 1.807) is 40.7 Å². The summed E-state index contributed by atoms with van der Waals surface area (Å²) in [5.41, 5.74) is -0.718. The molecular weight excluding hydrogens is 306 g/mol. The smallest absolute Gasteiger partial charge is 0.434 e. The van der Waals surface area contributed by atoms with Crippen LogP contribution in [0.5, 0.6) is 0 Å². The molecule has 5 heteroatoms. The monoisotopic (exact) mass is 331 g/mol. The van der Waals surface area contributed by atoms with Crippen molar-refractivity contribution < 1.29 is 19.1 Å². The quantitative estimate of drug-likeness (QED) is 0.458. The van der Waals surface area contributed by atoms with Crippen molar-refractivity contribution in [2.45, 2.75) is 46.8 Å². The number of rotatable bonds is 5. The standard InChI is InChI=1S/C19H25NO4/c1-7-19(5,6)15(20-17(22)24-18(2,3)4)16(21)23-13-14-11-9-8-10-12-14/h7-12H,1,13H2,2-6H3/b20-15-. The molecule has 0 saturated heterocycles. The van der Waals surface area contributed by atoms with Gasteiger partial charge in [0.05, 0.1) is 0 Å². The fourth-order valence-electron chi connectivity index (χ4n) is 1.72. The van der Waals surface area contributed by atoms with E-state index in [1.165, 1.54) is 0 Å². The molecule has 0 N–H and O–H groups in total. The third-order valence-corrected chi connectivity index (χ3v) is 3.12. The highest BCUT2D eigenvalue weighted by Crippen LogP contribution is 2.21. The number of benzene rings is 1. The lowest BCUT2D eigenvalue weighted by Gasteiger charge is -2.22. The van der Waals surface area contributed by atoms with Crippen LogP contribution in [0.3, 0.4) is 0 Å². The molecule has 1 aromatic rings. The minimum atomic E-state index is -0.830. The van der Waals surface area contributed by atoms with Crippen molar-refractivity contribution in [1.82, 2.24) is 0 Å². The fraction of sp³-hybridized carbons (Fsp3) is 0.421. The third kappa shape index (κ3) is 6.36. The van der Waals surface area contributed by atoms with Gasteiger partial charge in [0, 0.05) is 5.41 Å². The second-order valence-corrected chi connectivity index (χ2v) is 6.93. The molecule has 0 heterocycles. The maximum absolute atomic E-state index is 12.4. The zero-order chi connectivity index (χ0) is 18.4. The molecule has 0 aliphatic rings. The van der Waals surface area contributed by atoms with Gasteiger partial charge in [-0.1, -0.05) is 50.3 Å². The summed E-state index contributed by atoms with van der Waals surface area (Å²) in [4.78, 5) is 28.2. The average Bonchev–Trinajstić information content (AvgIpc) is 2.49. The van der Waals surface area contributed by atoms with Crippen molar-refractivity contribution in [3.05, 3.63) is 48.6 Å². The number of ether oxygens (including phenoxy) is 2. The van der Waals surface area contributed by atoms with Crippen LogP contribution >= 0.6 is 0 Å². The number of hydrogen-bond acceptors (Lipinski definition) is 4. The van der Waals surface area contributed by atoms with Crippen molar-refractivity contribution in [2.24, 2.45) is 10.4 Å². The minimum Gasteiger partial charge on any atom is -0.456 e. The largest absolute Gasteiger partial charge is 0.456 e. The summed E-state index contributed by atoms with van der Waals surface area (Å²) in [7, 11) is 0. The second-order valence-electron chi connectivity index (χ2n) is 6.93. The summed E-state index contributed by atoms with van der Waals surface area (Å²) in [5, 5.41) is 0. The Morgan fingerprint density at radius 3 is 2.21 bits per heavy atom. The Balaban J connectivity index is 2.95. The van der Waals surface area contributed by atoms with Crippen molar-refractivity contribution >= 4 is 17.8 Å². The van der Waals surface area contributed by atoms with Crippen LogP contribution in [0.15, 0.2) is 48.0 Å². The molecule has 5 nitrogen and oxygen atoms in total. The number of allylic oxidation sites excluding steroid dienone is 1. The van der Waals surface area contributed by atoms with Crippen molar-refractivity contribution in [3.8, 4) is 0 Å². The molecule has 0 aliphatic carbocycles. The number of nitrogens with zero attached hydrogens (tertiary/aromatic N) is 1. The van der Waals surface area contributed by atoms with E-state index in [-0.39, 0.29) is 12.3 Å². The molecule has 1 amide bonds. The Kier molecular flexibility index (Phi) is 6.46. The molecule has 1 aromatic carbocycles. The molecule has 0 saturated carbocycles. The van der Waals surface area contributed by atoms with E-state index in [0.717, 1.165) is 5.56 Å². The summed E-state index contributed by atoms with van der Waals surface area (Å²) in [6.07, 6.45) is 0.712. The normalized spacial score (nSPS) is 12.5. The van der Waals surface area contributed by atoms with Gasteiger partial charge in [0.2, 0.25) is 0 Å². The highest BCUT2D eigenvalue weighted by Gasteiger charge is 2.31. The third-order valence-electron chi connectivity index (χ3n) is 3.12. The lowest BCUT2D eigenvalue weighted by Crippen LogP contribution is -2.33.